The highest BCUT2D eigenvalue weighted by Crippen LogP contribution is 2.25. The number of aliphatic hydroxyl groups excluding tert-OH is 1. The molecule has 1 fully saturated rings. The molecule has 0 saturated carbocycles. The number of hydrogen-bond donors (Lipinski definition) is 2. The van der Waals surface area contributed by atoms with Crippen molar-refractivity contribution in [2.24, 2.45) is 11.3 Å². The first-order valence-electron chi connectivity index (χ1n) is 7.41. The Balaban J connectivity index is 2.61. The molecular formula is C15H28N2O3. The third-order valence-electron chi connectivity index (χ3n) is 3.71. The fraction of sp³-hybridized carbons (Fsp3) is 0.867. The van der Waals surface area contributed by atoms with Gasteiger partial charge in [0.2, 0.25) is 11.8 Å². The summed E-state index contributed by atoms with van der Waals surface area (Å²) in [5.74, 6) is -0.0365. The van der Waals surface area contributed by atoms with Gasteiger partial charge in [-0.15, -0.1) is 0 Å². The molecule has 1 aliphatic heterocycles. The van der Waals surface area contributed by atoms with Crippen LogP contribution in [0.5, 0.6) is 0 Å². The smallest absolute Gasteiger partial charge is 0.242 e. The van der Waals surface area contributed by atoms with Gasteiger partial charge >= 0.3 is 0 Å². The van der Waals surface area contributed by atoms with E-state index in [2.05, 4.69) is 5.32 Å². The number of aliphatic hydroxyl groups is 1. The average molecular weight is 284 g/mol. The quantitative estimate of drug-likeness (QED) is 0.814. The highest BCUT2D eigenvalue weighted by molar-refractivity contribution is 5.90. The molecule has 20 heavy (non-hydrogen) atoms. The van der Waals surface area contributed by atoms with Gasteiger partial charge in [-0.1, -0.05) is 34.6 Å². The Hall–Kier alpha value is -1.10. The lowest BCUT2D eigenvalue weighted by molar-refractivity contribution is -0.144. The highest BCUT2D eigenvalue weighted by atomic mass is 16.3. The number of carbonyl (C=O) groups is 2. The van der Waals surface area contributed by atoms with E-state index in [1.807, 2.05) is 34.6 Å². The molecule has 0 aromatic heterocycles. The minimum absolute atomic E-state index is 0.0135. The zero-order valence-electron chi connectivity index (χ0n) is 13.3. The van der Waals surface area contributed by atoms with Gasteiger partial charge in [0.25, 0.3) is 0 Å². The standard InChI is InChI=1S/C15H28N2O3/c1-10(2)12(18)9-16-13(19)11-7-6-8-17(11)14(20)15(3,4)5/h10-12,18H,6-9H2,1-5H3,(H,16,19). The summed E-state index contributed by atoms with van der Waals surface area (Å²) in [6.07, 6.45) is 1.00. The van der Waals surface area contributed by atoms with Gasteiger partial charge in [-0.3, -0.25) is 9.59 Å². The van der Waals surface area contributed by atoms with E-state index in [9.17, 15) is 14.7 Å². The van der Waals surface area contributed by atoms with Gasteiger partial charge in [0, 0.05) is 18.5 Å². The van der Waals surface area contributed by atoms with Crippen molar-refractivity contribution < 1.29 is 14.7 Å². The molecule has 1 heterocycles. The molecule has 0 spiro atoms. The zero-order valence-corrected chi connectivity index (χ0v) is 13.3. The van der Waals surface area contributed by atoms with Crippen LogP contribution in [0.2, 0.25) is 0 Å². The van der Waals surface area contributed by atoms with Gasteiger partial charge in [-0.05, 0) is 18.8 Å². The Morgan fingerprint density at radius 2 is 1.95 bits per heavy atom. The maximum absolute atomic E-state index is 12.3. The van der Waals surface area contributed by atoms with E-state index in [4.69, 9.17) is 0 Å². The van der Waals surface area contributed by atoms with Crippen LogP contribution < -0.4 is 5.32 Å². The van der Waals surface area contributed by atoms with Gasteiger partial charge in [-0.25, -0.2) is 0 Å². The molecule has 0 bridgehead atoms. The molecule has 0 aliphatic carbocycles. The lowest BCUT2D eigenvalue weighted by Crippen LogP contribution is -2.50. The van der Waals surface area contributed by atoms with Crippen LogP contribution >= 0.6 is 0 Å². The summed E-state index contributed by atoms with van der Waals surface area (Å²) in [7, 11) is 0. The van der Waals surface area contributed by atoms with Crippen LogP contribution in [-0.4, -0.2) is 47.1 Å². The molecule has 2 amide bonds. The Labute approximate surface area is 121 Å². The zero-order chi connectivity index (χ0) is 15.5. The van der Waals surface area contributed by atoms with Crippen molar-refractivity contribution in [2.45, 2.75) is 59.6 Å². The summed E-state index contributed by atoms with van der Waals surface area (Å²) in [5.41, 5.74) is -0.472. The minimum atomic E-state index is -0.549. The molecule has 5 nitrogen and oxygen atoms in total. The lowest BCUT2D eigenvalue weighted by atomic mass is 9.94. The van der Waals surface area contributed by atoms with Crippen LogP contribution in [0.4, 0.5) is 0 Å². The summed E-state index contributed by atoms with van der Waals surface area (Å²) in [6.45, 7) is 10.3. The number of rotatable bonds is 4. The van der Waals surface area contributed by atoms with E-state index in [0.717, 1.165) is 6.42 Å². The third-order valence-corrected chi connectivity index (χ3v) is 3.71. The molecule has 1 aliphatic rings. The predicted octanol–water partition coefficient (Wildman–Crippen LogP) is 1.16. The van der Waals surface area contributed by atoms with Crippen LogP contribution in [0, 0.1) is 11.3 Å². The summed E-state index contributed by atoms with van der Waals surface area (Å²) in [5, 5.41) is 12.5. The molecule has 0 radical (unpaired) electrons. The van der Waals surface area contributed by atoms with Gasteiger partial charge in [-0.2, -0.15) is 0 Å². The topological polar surface area (TPSA) is 69.6 Å². The highest BCUT2D eigenvalue weighted by Gasteiger charge is 2.38. The normalized spacial score (nSPS) is 21.1. The number of amides is 2. The maximum atomic E-state index is 12.3. The summed E-state index contributed by atoms with van der Waals surface area (Å²) >= 11 is 0. The van der Waals surface area contributed by atoms with E-state index in [0.29, 0.717) is 13.0 Å². The fourth-order valence-electron chi connectivity index (χ4n) is 2.27. The van der Waals surface area contributed by atoms with Gasteiger partial charge in [0.15, 0.2) is 0 Å². The Morgan fingerprint density at radius 1 is 1.35 bits per heavy atom. The Bertz CT molecular complexity index is 361. The van der Waals surface area contributed by atoms with Crippen molar-refractivity contribution in [1.82, 2.24) is 10.2 Å². The van der Waals surface area contributed by atoms with Crippen molar-refractivity contribution in [3.05, 3.63) is 0 Å². The van der Waals surface area contributed by atoms with Crippen LogP contribution in [0.25, 0.3) is 0 Å². The van der Waals surface area contributed by atoms with E-state index in [1.54, 1.807) is 4.90 Å². The van der Waals surface area contributed by atoms with E-state index >= 15 is 0 Å². The number of nitrogens with zero attached hydrogens (tertiary/aromatic N) is 1. The number of hydrogen-bond acceptors (Lipinski definition) is 3. The van der Waals surface area contributed by atoms with Crippen molar-refractivity contribution >= 4 is 11.8 Å². The van der Waals surface area contributed by atoms with Gasteiger partial charge in [0.05, 0.1) is 6.10 Å². The van der Waals surface area contributed by atoms with Crippen LogP contribution in [0.3, 0.4) is 0 Å². The molecule has 2 N–H and O–H groups in total. The molecule has 0 aromatic rings. The molecule has 1 saturated heterocycles. The molecule has 2 unspecified atom stereocenters. The fourth-order valence-corrected chi connectivity index (χ4v) is 2.27. The monoisotopic (exact) mass is 284 g/mol. The molecule has 1 rings (SSSR count). The predicted molar refractivity (Wildman–Crippen MR) is 78.0 cm³/mol. The van der Waals surface area contributed by atoms with Gasteiger partial charge in [0.1, 0.15) is 6.04 Å². The Morgan fingerprint density at radius 3 is 2.45 bits per heavy atom. The van der Waals surface area contributed by atoms with E-state index in [-0.39, 0.29) is 30.3 Å². The molecular weight excluding hydrogens is 256 g/mol. The SMILES string of the molecule is CC(C)C(O)CNC(=O)C1CCCN1C(=O)C(C)(C)C. The summed E-state index contributed by atoms with van der Waals surface area (Å²) in [6, 6.07) is -0.388. The average Bonchev–Trinajstić information content (AvgIpc) is 2.81. The van der Waals surface area contributed by atoms with Crippen LogP contribution in [-0.2, 0) is 9.59 Å². The third kappa shape index (κ3) is 4.20. The molecule has 0 aromatic carbocycles. The first-order chi connectivity index (χ1) is 9.14. The maximum Gasteiger partial charge on any atom is 0.242 e. The van der Waals surface area contributed by atoms with Crippen molar-refractivity contribution in [3.63, 3.8) is 0 Å². The lowest BCUT2D eigenvalue weighted by Gasteiger charge is -2.30. The number of nitrogens with one attached hydrogen (secondary N) is 1. The number of likely N-dealkylation sites (tertiary alicyclic amines) is 1. The second-order valence-corrected chi connectivity index (χ2v) is 6.96. The number of carbonyl (C=O) groups excluding carboxylic acids is 2. The van der Waals surface area contributed by atoms with Gasteiger partial charge < -0.3 is 15.3 Å². The van der Waals surface area contributed by atoms with E-state index in [1.165, 1.54) is 0 Å². The second-order valence-electron chi connectivity index (χ2n) is 6.96. The second kappa shape index (κ2) is 6.57. The van der Waals surface area contributed by atoms with Crippen molar-refractivity contribution in [2.75, 3.05) is 13.1 Å². The summed E-state index contributed by atoms with van der Waals surface area (Å²) < 4.78 is 0. The minimum Gasteiger partial charge on any atom is -0.391 e. The first-order valence-corrected chi connectivity index (χ1v) is 7.41. The first kappa shape index (κ1) is 17.0. The molecule has 2 atom stereocenters. The van der Waals surface area contributed by atoms with Crippen LogP contribution in [0.1, 0.15) is 47.5 Å². The van der Waals surface area contributed by atoms with E-state index < -0.39 is 11.5 Å². The molecule has 116 valence electrons. The van der Waals surface area contributed by atoms with Crippen molar-refractivity contribution in [1.29, 1.82) is 0 Å². The summed E-state index contributed by atoms with van der Waals surface area (Å²) in [4.78, 5) is 26.2. The van der Waals surface area contributed by atoms with Crippen molar-refractivity contribution in [3.8, 4) is 0 Å². The largest absolute Gasteiger partial charge is 0.391 e. The van der Waals surface area contributed by atoms with Crippen LogP contribution in [0.15, 0.2) is 0 Å². The Kier molecular flexibility index (Phi) is 5.57. The molecule has 5 heteroatoms.